The molecule has 0 radical (unpaired) electrons. The fraction of sp³-hybridized carbons (Fsp3) is 0.462. The molecule has 1 aromatic rings. The van der Waals surface area contributed by atoms with Crippen LogP contribution in [0.15, 0.2) is 18.2 Å². The molecular weight excluding hydrogens is 237 g/mol. The number of rotatable bonds is 4. The molecule has 0 heterocycles. The van der Waals surface area contributed by atoms with Crippen molar-refractivity contribution in [1.29, 1.82) is 5.26 Å². The predicted octanol–water partition coefficient (Wildman–Crippen LogP) is 2.99. The van der Waals surface area contributed by atoms with Crippen molar-refractivity contribution in [2.45, 2.75) is 31.8 Å². The van der Waals surface area contributed by atoms with Crippen LogP contribution in [0.4, 0.5) is 4.39 Å². The van der Waals surface area contributed by atoms with Crippen LogP contribution in [0.5, 0.6) is 0 Å². The molecule has 0 fully saturated rings. The van der Waals surface area contributed by atoms with E-state index in [2.05, 4.69) is 0 Å². The zero-order valence-corrected chi connectivity index (χ0v) is 11.1. The lowest BCUT2D eigenvalue weighted by Gasteiger charge is -2.15. The predicted molar refractivity (Wildman–Crippen MR) is 67.3 cm³/mol. The van der Waals surface area contributed by atoms with E-state index < -0.39 is 16.6 Å². The molecule has 0 saturated heterocycles. The third-order valence-electron chi connectivity index (χ3n) is 2.85. The van der Waals surface area contributed by atoms with Crippen molar-refractivity contribution in [2.75, 3.05) is 0 Å². The van der Waals surface area contributed by atoms with Gasteiger partial charge in [0.05, 0.1) is 11.3 Å². The molecule has 0 N–H and O–H groups in total. The van der Waals surface area contributed by atoms with Gasteiger partial charge in [0.15, 0.2) is 0 Å². The van der Waals surface area contributed by atoms with Gasteiger partial charge >= 0.3 is 0 Å². The van der Waals surface area contributed by atoms with Gasteiger partial charge in [0.25, 0.3) is 0 Å². The molecule has 0 aliphatic carbocycles. The average Bonchev–Trinajstić information content (AvgIpc) is 2.30. The van der Waals surface area contributed by atoms with Gasteiger partial charge in [0, 0.05) is 21.6 Å². The summed E-state index contributed by atoms with van der Waals surface area (Å²) in [5.41, 5.74) is 0.367. The van der Waals surface area contributed by atoms with Gasteiger partial charge in [-0.3, -0.25) is 4.21 Å². The Bertz CT molecular complexity index is 465. The lowest BCUT2D eigenvalue weighted by atomic mass is 10.1. The molecule has 0 aromatic heterocycles. The van der Waals surface area contributed by atoms with Crippen LogP contribution in [0.3, 0.4) is 0 Å². The molecular formula is C13H16FNOS. The molecule has 17 heavy (non-hydrogen) atoms. The Morgan fingerprint density at radius 2 is 2.06 bits per heavy atom. The van der Waals surface area contributed by atoms with Gasteiger partial charge in [-0.1, -0.05) is 32.9 Å². The maximum atomic E-state index is 13.7. The number of nitriles is 1. The van der Waals surface area contributed by atoms with Crippen molar-refractivity contribution in [3.8, 4) is 6.07 Å². The number of hydrogen-bond donors (Lipinski definition) is 0. The number of benzene rings is 1. The zero-order chi connectivity index (χ0) is 13.0. The minimum atomic E-state index is -1.12. The highest BCUT2D eigenvalue weighted by atomic mass is 32.2. The fourth-order valence-corrected chi connectivity index (χ4v) is 2.77. The molecule has 92 valence electrons. The monoisotopic (exact) mass is 253 g/mol. The maximum Gasteiger partial charge on any atom is 0.145 e. The highest BCUT2D eigenvalue weighted by molar-refractivity contribution is 7.84. The van der Waals surface area contributed by atoms with Gasteiger partial charge in [-0.25, -0.2) is 4.39 Å². The summed E-state index contributed by atoms with van der Waals surface area (Å²) in [7, 11) is -1.12. The van der Waals surface area contributed by atoms with Crippen molar-refractivity contribution >= 4 is 10.8 Å². The van der Waals surface area contributed by atoms with E-state index in [1.54, 1.807) is 18.2 Å². The first kappa shape index (κ1) is 13.9. The lowest BCUT2D eigenvalue weighted by Crippen LogP contribution is -2.19. The third kappa shape index (κ3) is 3.37. The standard InChI is InChI=1S/C13H16FNOS/c1-9(2)10(3)17(16)8-12-6-4-5-11(7-15)13(12)14/h4-6,9-10H,8H2,1-3H3. The Hall–Kier alpha value is -1.21. The summed E-state index contributed by atoms with van der Waals surface area (Å²) < 4.78 is 25.7. The average molecular weight is 253 g/mol. The largest absolute Gasteiger partial charge is 0.259 e. The molecule has 0 bridgehead atoms. The van der Waals surface area contributed by atoms with Crippen LogP contribution in [0, 0.1) is 23.1 Å². The van der Waals surface area contributed by atoms with E-state index in [1.165, 1.54) is 6.07 Å². The van der Waals surface area contributed by atoms with Crippen molar-refractivity contribution < 1.29 is 8.60 Å². The molecule has 0 saturated carbocycles. The Balaban J connectivity index is 2.90. The smallest absolute Gasteiger partial charge is 0.145 e. The van der Waals surface area contributed by atoms with Crippen molar-refractivity contribution in [1.82, 2.24) is 0 Å². The summed E-state index contributed by atoms with van der Waals surface area (Å²) in [6.45, 7) is 5.88. The molecule has 0 aliphatic heterocycles. The molecule has 0 spiro atoms. The third-order valence-corrected chi connectivity index (χ3v) is 4.82. The quantitative estimate of drug-likeness (QED) is 0.827. The van der Waals surface area contributed by atoms with Gasteiger partial charge in [-0.2, -0.15) is 5.26 Å². The SMILES string of the molecule is CC(C)C(C)S(=O)Cc1cccc(C#N)c1F. The van der Waals surface area contributed by atoms with Crippen molar-refractivity contribution in [3.05, 3.63) is 35.1 Å². The van der Waals surface area contributed by atoms with Crippen molar-refractivity contribution in [3.63, 3.8) is 0 Å². The van der Waals surface area contributed by atoms with Crippen LogP contribution in [0.1, 0.15) is 31.9 Å². The molecule has 0 aliphatic rings. The Morgan fingerprint density at radius 3 is 2.59 bits per heavy atom. The minimum absolute atomic E-state index is 0.0108. The molecule has 0 amide bonds. The Kier molecular flexibility index (Phi) is 4.83. The van der Waals surface area contributed by atoms with Gasteiger partial charge in [-0.05, 0) is 12.0 Å². The highest BCUT2D eigenvalue weighted by Crippen LogP contribution is 2.17. The second kappa shape index (κ2) is 5.92. The van der Waals surface area contributed by atoms with E-state index in [0.717, 1.165) is 0 Å². The molecule has 2 unspecified atom stereocenters. The van der Waals surface area contributed by atoms with Crippen LogP contribution in [0.2, 0.25) is 0 Å². The number of halogens is 1. The van der Waals surface area contributed by atoms with Gasteiger partial charge in [0.2, 0.25) is 0 Å². The van der Waals surface area contributed by atoms with E-state index in [4.69, 9.17) is 5.26 Å². The van der Waals surface area contributed by atoms with Gasteiger partial charge in [0.1, 0.15) is 11.9 Å². The van der Waals surface area contributed by atoms with Crippen LogP contribution >= 0.6 is 0 Å². The van der Waals surface area contributed by atoms with E-state index in [1.807, 2.05) is 20.8 Å². The summed E-state index contributed by atoms with van der Waals surface area (Å²) in [6.07, 6.45) is 0. The van der Waals surface area contributed by atoms with Gasteiger partial charge < -0.3 is 0 Å². The molecule has 1 aromatic carbocycles. The normalized spacial score (nSPS) is 14.4. The first-order chi connectivity index (χ1) is 7.97. The van der Waals surface area contributed by atoms with Gasteiger partial charge in [-0.15, -0.1) is 0 Å². The summed E-state index contributed by atoms with van der Waals surface area (Å²) >= 11 is 0. The summed E-state index contributed by atoms with van der Waals surface area (Å²) in [5, 5.41) is 8.72. The van der Waals surface area contributed by atoms with Crippen LogP contribution < -0.4 is 0 Å². The van der Waals surface area contributed by atoms with E-state index in [-0.39, 0.29) is 22.5 Å². The fourth-order valence-electron chi connectivity index (χ4n) is 1.37. The van der Waals surface area contributed by atoms with Crippen LogP contribution in [0.25, 0.3) is 0 Å². The molecule has 4 heteroatoms. The second-order valence-electron chi connectivity index (χ2n) is 4.36. The minimum Gasteiger partial charge on any atom is -0.259 e. The first-order valence-corrected chi connectivity index (χ1v) is 6.90. The Morgan fingerprint density at radius 1 is 1.41 bits per heavy atom. The van der Waals surface area contributed by atoms with E-state index in [9.17, 15) is 8.60 Å². The Labute approximate surface area is 104 Å². The molecule has 2 atom stereocenters. The molecule has 1 rings (SSSR count). The summed E-state index contributed by atoms with van der Waals surface area (Å²) in [4.78, 5) is 0. The highest BCUT2D eigenvalue weighted by Gasteiger charge is 2.17. The zero-order valence-electron chi connectivity index (χ0n) is 10.2. The van der Waals surface area contributed by atoms with Crippen LogP contribution in [-0.4, -0.2) is 9.46 Å². The number of nitrogens with zero attached hydrogens (tertiary/aromatic N) is 1. The number of hydrogen-bond acceptors (Lipinski definition) is 2. The van der Waals surface area contributed by atoms with Crippen molar-refractivity contribution in [2.24, 2.45) is 5.92 Å². The lowest BCUT2D eigenvalue weighted by molar-refractivity contribution is 0.596. The summed E-state index contributed by atoms with van der Waals surface area (Å²) in [5.74, 6) is -0.0851. The molecule has 2 nitrogen and oxygen atoms in total. The maximum absolute atomic E-state index is 13.7. The topological polar surface area (TPSA) is 40.9 Å². The van der Waals surface area contributed by atoms with E-state index >= 15 is 0 Å². The van der Waals surface area contributed by atoms with Crippen LogP contribution in [-0.2, 0) is 16.6 Å². The second-order valence-corrected chi connectivity index (χ2v) is 6.16. The van der Waals surface area contributed by atoms with E-state index in [0.29, 0.717) is 5.56 Å². The first-order valence-electron chi connectivity index (χ1n) is 5.52. The summed E-state index contributed by atoms with van der Waals surface area (Å²) in [6, 6.07) is 6.41.